The molecule has 10 heteroatoms. The van der Waals surface area contributed by atoms with Crippen molar-refractivity contribution in [2.45, 2.75) is 29.2 Å². The van der Waals surface area contributed by atoms with Crippen LogP contribution >= 0.6 is 34.8 Å². The zero-order valence-electron chi connectivity index (χ0n) is 12.1. The highest BCUT2D eigenvalue weighted by molar-refractivity contribution is 6.67. The van der Waals surface area contributed by atoms with Gasteiger partial charge in [-0.2, -0.15) is 0 Å². The fraction of sp³-hybridized carbons (Fsp3) is 0.538. The number of fused-ring (bicyclic) bond motifs is 1. The summed E-state index contributed by atoms with van der Waals surface area (Å²) in [5.74, 6) is 0.766. The monoisotopic (exact) mass is 376 g/mol. The molecule has 0 radical (unpaired) electrons. The Morgan fingerprint density at radius 1 is 1.17 bits per heavy atom. The van der Waals surface area contributed by atoms with Crippen molar-refractivity contribution < 1.29 is 4.79 Å². The molecule has 23 heavy (non-hydrogen) atoms. The van der Waals surface area contributed by atoms with E-state index in [0.717, 1.165) is 31.7 Å². The van der Waals surface area contributed by atoms with E-state index in [1.165, 1.54) is 23.6 Å². The van der Waals surface area contributed by atoms with Gasteiger partial charge in [0.25, 0.3) is 0 Å². The molecule has 0 aliphatic carbocycles. The summed E-state index contributed by atoms with van der Waals surface area (Å²) in [7, 11) is 0. The van der Waals surface area contributed by atoms with Crippen LogP contribution < -0.4 is 10.2 Å². The lowest BCUT2D eigenvalue weighted by molar-refractivity contribution is -0.110. The number of piperidine rings is 1. The van der Waals surface area contributed by atoms with E-state index in [2.05, 4.69) is 25.2 Å². The predicted octanol–water partition coefficient (Wildman–Crippen LogP) is 2.43. The van der Waals surface area contributed by atoms with Gasteiger partial charge in [-0.3, -0.25) is 9.36 Å². The molecule has 3 heterocycles. The Morgan fingerprint density at radius 2 is 1.91 bits per heavy atom. The van der Waals surface area contributed by atoms with Gasteiger partial charge >= 0.3 is 0 Å². The number of amides is 1. The van der Waals surface area contributed by atoms with Gasteiger partial charge in [0, 0.05) is 13.1 Å². The average Bonchev–Trinajstić information content (AvgIpc) is 2.96. The molecule has 1 amide bonds. The summed E-state index contributed by atoms with van der Waals surface area (Å²) < 4.78 is -0.212. The highest BCUT2D eigenvalue weighted by Crippen LogP contribution is 2.38. The number of anilines is 1. The van der Waals surface area contributed by atoms with Crippen molar-refractivity contribution in [2.24, 2.45) is 0 Å². The third kappa shape index (κ3) is 3.32. The van der Waals surface area contributed by atoms with Gasteiger partial charge in [0.2, 0.25) is 10.2 Å². The molecule has 0 saturated carbocycles. The molecule has 1 saturated heterocycles. The van der Waals surface area contributed by atoms with Gasteiger partial charge in [-0.1, -0.05) is 34.8 Å². The van der Waals surface area contributed by atoms with Gasteiger partial charge in [0.05, 0.1) is 6.33 Å². The molecule has 1 aliphatic heterocycles. The molecule has 0 spiro atoms. The van der Waals surface area contributed by atoms with Crippen LogP contribution in [0.25, 0.3) is 11.2 Å². The lowest BCUT2D eigenvalue weighted by Crippen LogP contribution is -2.35. The van der Waals surface area contributed by atoms with E-state index in [-0.39, 0.29) is 0 Å². The molecule has 7 nitrogen and oxygen atoms in total. The van der Waals surface area contributed by atoms with Crippen LogP contribution in [0.15, 0.2) is 12.7 Å². The van der Waals surface area contributed by atoms with Gasteiger partial charge in [0.1, 0.15) is 6.33 Å². The van der Waals surface area contributed by atoms with Crippen LogP contribution in [0.1, 0.15) is 25.4 Å². The summed E-state index contributed by atoms with van der Waals surface area (Å²) in [6, 6.07) is 0. The van der Waals surface area contributed by atoms with Crippen LogP contribution in [-0.4, -0.2) is 42.8 Å². The molecule has 1 N–H and O–H groups in total. The fourth-order valence-corrected chi connectivity index (χ4v) is 3.27. The second-order valence-corrected chi connectivity index (χ2v) is 7.67. The van der Waals surface area contributed by atoms with Gasteiger partial charge in [0.15, 0.2) is 23.1 Å². The van der Waals surface area contributed by atoms with E-state index in [0.29, 0.717) is 17.6 Å². The smallest absolute Gasteiger partial charge is 0.229 e. The second kappa shape index (κ2) is 6.67. The first kappa shape index (κ1) is 16.5. The van der Waals surface area contributed by atoms with Gasteiger partial charge < -0.3 is 10.2 Å². The molecular formula is C13H15Cl3N6O. The Hall–Kier alpha value is -1.31. The summed E-state index contributed by atoms with van der Waals surface area (Å²) >= 11 is 17.9. The SMILES string of the molecule is O=CNC(n1cnc2c(N3CCCCC3)ncnc21)C(Cl)(Cl)Cl. The van der Waals surface area contributed by atoms with Crippen LogP contribution in [0.2, 0.25) is 0 Å². The molecule has 1 aliphatic rings. The maximum Gasteiger partial charge on any atom is 0.229 e. The van der Waals surface area contributed by atoms with Crippen LogP contribution in [0.3, 0.4) is 0 Å². The first-order valence-corrected chi connectivity index (χ1v) is 8.34. The van der Waals surface area contributed by atoms with E-state index in [1.807, 2.05) is 0 Å². The van der Waals surface area contributed by atoms with Crippen LogP contribution in [-0.2, 0) is 4.79 Å². The van der Waals surface area contributed by atoms with Crippen LogP contribution in [0.4, 0.5) is 5.82 Å². The van der Waals surface area contributed by atoms with Crippen LogP contribution in [0.5, 0.6) is 0 Å². The molecule has 1 fully saturated rings. The largest absolute Gasteiger partial charge is 0.355 e. The fourth-order valence-electron chi connectivity index (χ4n) is 2.76. The second-order valence-electron chi connectivity index (χ2n) is 5.30. The Balaban J connectivity index is 2.05. The number of carbonyl (C=O) groups excluding carboxylic acids is 1. The number of halogens is 3. The minimum absolute atomic E-state index is 0.477. The molecule has 1 atom stereocenters. The highest BCUT2D eigenvalue weighted by Gasteiger charge is 2.35. The van der Waals surface area contributed by atoms with E-state index in [9.17, 15) is 4.79 Å². The number of alkyl halides is 3. The number of nitrogens with zero attached hydrogens (tertiary/aromatic N) is 5. The molecule has 2 aromatic heterocycles. The van der Waals surface area contributed by atoms with Gasteiger partial charge in [-0.15, -0.1) is 0 Å². The first-order valence-electron chi connectivity index (χ1n) is 7.21. The standard InChI is InChI=1S/C13H15Cl3N6O/c14-13(15,16)12(20-8-23)22-7-19-9-10(17-6-18-11(9)22)21-4-2-1-3-5-21/h6-8,12H,1-5H2,(H,20,23). The molecule has 1 unspecified atom stereocenters. The average molecular weight is 378 g/mol. The minimum Gasteiger partial charge on any atom is -0.355 e. The number of hydrogen-bond donors (Lipinski definition) is 1. The van der Waals surface area contributed by atoms with E-state index in [1.54, 1.807) is 0 Å². The lowest BCUT2D eigenvalue weighted by Gasteiger charge is -2.28. The number of rotatable bonds is 4. The molecular weight excluding hydrogens is 363 g/mol. The van der Waals surface area contributed by atoms with E-state index < -0.39 is 9.96 Å². The summed E-state index contributed by atoms with van der Waals surface area (Å²) in [6.45, 7) is 1.86. The summed E-state index contributed by atoms with van der Waals surface area (Å²) in [4.78, 5) is 26.0. The Morgan fingerprint density at radius 3 is 2.57 bits per heavy atom. The zero-order valence-corrected chi connectivity index (χ0v) is 14.4. The summed E-state index contributed by atoms with van der Waals surface area (Å²) in [5, 5.41) is 2.49. The zero-order chi connectivity index (χ0) is 16.4. The van der Waals surface area contributed by atoms with Crippen LogP contribution in [0, 0.1) is 0 Å². The van der Waals surface area contributed by atoms with Crippen molar-refractivity contribution in [2.75, 3.05) is 18.0 Å². The third-order valence-electron chi connectivity index (χ3n) is 3.81. The maximum atomic E-state index is 10.8. The normalized spacial score (nSPS) is 17.3. The van der Waals surface area contributed by atoms with Crippen molar-refractivity contribution in [1.82, 2.24) is 24.8 Å². The van der Waals surface area contributed by atoms with Gasteiger partial charge in [-0.05, 0) is 19.3 Å². The Bertz CT molecular complexity index is 695. The summed E-state index contributed by atoms with van der Waals surface area (Å²) in [6.07, 6.45) is 5.98. The number of carbonyl (C=O) groups is 1. The maximum absolute atomic E-state index is 10.8. The number of nitrogens with one attached hydrogen (secondary N) is 1. The van der Waals surface area contributed by atoms with E-state index in [4.69, 9.17) is 34.8 Å². The number of imidazole rings is 1. The molecule has 0 aromatic carbocycles. The Kier molecular flexibility index (Phi) is 4.79. The predicted molar refractivity (Wildman–Crippen MR) is 89.9 cm³/mol. The van der Waals surface area contributed by atoms with Crippen molar-refractivity contribution >= 4 is 58.2 Å². The molecule has 3 rings (SSSR count). The molecule has 124 valence electrons. The first-order chi connectivity index (χ1) is 11.0. The summed E-state index contributed by atoms with van der Waals surface area (Å²) in [5.41, 5.74) is 1.13. The molecule has 0 bridgehead atoms. The highest BCUT2D eigenvalue weighted by atomic mass is 35.6. The van der Waals surface area contributed by atoms with Crippen molar-refractivity contribution in [3.05, 3.63) is 12.7 Å². The van der Waals surface area contributed by atoms with Crippen molar-refractivity contribution in [1.29, 1.82) is 0 Å². The number of aromatic nitrogens is 4. The topological polar surface area (TPSA) is 75.9 Å². The van der Waals surface area contributed by atoms with Crippen molar-refractivity contribution in [3.63, 3.8) is 0 Å². The minimum atomic E-state index is -1.75. The van der Waals surface area contributed by atoms with Crippen molar-refractivity contribution in [3.8, 4) is 0 Å². The Labute approximate surface area is 147 Å². The lowest BCUT2D eigenvalue weighted by atomic mass is 10.1. The molecule has 2 aromatic rings. The van der Waals surface area contributed by atoms with E-state index >= 15 is 0 Å². The number of hydrogen-bond acceptors (Lipinski definition) is 5. The van der Waals surface area contributed by atoms with Gasteiger partial charge in [-0.25, -0.2) is 15.0 Å². The third-order valence-corrected chi connectivity index (χ3v) is 4.43. The quantitative estimate of drug-likeness (QED) is 0.654.